The maximum absolute atomic E-state index is 13.8. The molecule has 5 nitrogen and oxygen atoms in total. The molecule has 2 atom stereocenters. The Labute approximate surface area is 135 Å². The molecule has 0 bridgehead atoms. The van der Waals surface area contributed by atoms with Crippen LogP contribution in [0.25, 0.3) is 0 Å². The number of halogens is 1. The third kappa shape index (κ3) is 4.31. The Bertz CT molecular complexity index is 628. The number of hydrogen-bond acceptors (Lipinski definition) is 3. The predicted octanol–water partition coefficient (Wildman–Crippen LogP) is 2.18. The Morgan fingerprint density at radius 3 is 2.61 bits per heavy atom. The fraction of sp³-hybridized carbons (Fsp3) is 0.412. The molecule has 0 spiro atoms. The minimum atomic E-state index is -0.655. The molecule has 0 saturated heterocycles. The van der Waals surface area contributed by atoms with Gasteiger partial charge in [-0.15, -0.1) is 0 Å². The van der Waals surface area contributed by atoms with Gasteiger partial charge in [0.2, 0.25) is 5.91 Å². The number of carbonyl (C=O) groups is 2. The van der Waals surface area contributed by atoms with Crippen molar-refractivity contribution in [3.05, 3.63) is 47.5 Å². The van der Waals surface area contributed by atoms with Crippen molar-refractivity contribution in [2.45, 2.75) is 33.4 Å². The summed E-state index contributed by atoms with van der Waals surface area (Å²) in [6.07, 6.45) is 1.50. The molecule has 3 N–H and O–H groups in total. The van der Waals surface area contributed by atoms with Crippen LogP contribution in [0.15, 0.2) is 36.2 Å². The predicted molar refractivity (Wildman–Crippen MR) is 85.3 cm³/mol. The second-order valence-electron chi connectivity index (χ2n) is 6.17. The lowest BCUT2D eigenvalue weighted by Crippen LogP contribution is -2.46. The van der Waals surface area contributed by atoms with Crippen molar-refractivity contribution in [3.63, 3.8) is 0 Å². The summed E-state index contributed by atoms with van der Waals surface area (Å²) in [5.74, 6) is -0.841. The molecular weight excluding hydrogens is 297 g/mol. The normalized spacial score (nSPS) is 18.7. The van der Waals surface area contributed by atoms with Crippen molar-refractivity contribution >= 4 is 11.8 Å². The Kier molecular flexibility index (Phi) is 5.36. The molecule has 6 heteroatoms. The number of nitrogens with one attached hydrogen (secondary N) is 3. The van der Waals surface area contributed by atoms with Gasteiger partial charge in [0.1, 0.15) is 17.7 Å². The molecule has 1 unspecified atom stereocenters. The standard InChI is InChI=1S/C17H22FN3O2/c1-10(2)8-11(3)16(22)20-14-9-19-15(21-17(14)23)12-6-4-5-7-13(12)18/h4-7,9-11,15,19H,8H2,1-3H3,(H,20,22)(H,21,23)/t11-,15?/m0/s1. The summed E-state index contributed by atoms with van der Waals surface area (Å²) >= 11 is 0. The van der Waals surface area contributed by atoms with Gasteiger partial charge in [-0.3, -0.25) is 9.59 Å². The van der Waals surface area contributed by atoms with Gasteiger partial charge in [-0.2, -0.15) is 0 Å². The average molecular weight is 319 g/mol. The van der Waals surface area contributed by atoms with Crippen molar-refractivity contribution in [1.82, 2.24) is 16.0 Å². The molecule has 0 fully saturated rings. The molecule has 1 aromatic rings. The van der Waals surface area contributed by atoms with Crippen molar-refractivity contribution in [3.8, 4) is 0 Å². The molecule has 2 rings (SSSR count). The van der Waals surface area contributed by atoms with Crippen LogP contribution in [-0.4, -0.2) is 11.8 Å². The van der Waals surface area contributed by atoms with E-state index < -0.39 is 17.9 Å². The van der Waals surface area contributed by atoms with Crippen LogP contribution in [0.5, 0.6) is 0 Å². The van der Waals surface area contributed by atoms with E-state index >= 15 is 0 Å². The van der Waals surface area contributed by atoms with Crippen molar-refractivity contribution in [2.75, 3.05) is 0 Å². The molecule has 0 aliphatic carbocycles. The molecule has 1 aliphatic heterocycles. The zero-order valence-corrected chi connectivity index (χ0v) is 13.5. The maximum Gasteiger partial charge on any atom is 0.271 e. The molecule has 1 aromatic carbocycles. The lowest BCUT2D eigenvalue weighted by molar-refractivity contribution is -0.127. The molecule has 1 aliphatic rings. The molecule has 0 saturated carbocycles. The van der Waals surface area contributed by atoms with Crippen LogP contribution in [0.4, 0.5) is 4.39 Å². The van der Waals surface area contributed by atoms with Crippen LogP contribution in [-0.2, 0) is 9.59 Å². The summed E-state index contributed by atoms with van der Waals surface area (Å²) in [4.78, 5) is 24.2. The van der Waals surface area contributed by atoms with E-state index in [4.69, 9.17) is 0 Å². The molecular formula is C17H22FN3O2. The fourth-order valence-corrected chi connectivity index (χ4v) is 2.52. The van der Waals surface area contributed by atoms with Crippen molar-refractivity contribution in [2.24, 2.45) is 11.8 Å². The molecule has 0 radical (unpaired) electrons. The van der Waals surface area contributed by atoms with Crippen LogP contribution in [0, 0.1) is 17.7 Å². The highest BCUT2D eigenvalue weighted by molar-refractivity contribution is 5.98. The average Bonchev–Trinajstić information content (AvgIpc) is 2.49. The summed E-state index contributed by atoms with van der Waals surface area (Å²) in [6.45, 7) is 5.90. The summed E-state index contributed by atoms with van der Waals surface area (Å²) < 4.78 is 13.8. The van der Waals surface area contributed by atoms with Crippen LogP contribution < -0.4 is 16.0 Å². The van der Waals surface area contributed by atoms with E-state index in [2.05, 4.69) is 16.0 Å². The van der Waals surface area contributed by atoms with Gasteiger partial charge in [-0.05, 0) is 18.4 Å². The van der Waals surface area contributed by atoms with Gasteiger partial charge in [0.15, 0.2) is 0 Å². The number of hydrogen-bond donors (Lipinski definition) is 3. The highest BCUT2D eigenvalue weighted by Crippen LogP contribution is 2.18. The first-order chi connectivity index (χ1) is 10.9. The SMILES string of the molecule is CC(C)C[C@H](C)C(=O)NC1=CNC(c2ccccc2F)NC1=O. The lowest BCUT2D eigenvalue weighted by atomic mass is 9.98. The minimum absolute atomic E-state index is 0.137. The van der Waals surface area contributed by atoms with E-state index in [0.717, 1.165) is 6.42 Å². The first-order valence-corrected chi connectivity index (χ1v) is 7.71. The monoisotopic (exact) mass is 319 g/mol. The van der Waals surface area contributed by atoms with E-state index in [1.54, 1.807) is 18.2 Å². The summed E-state index contributed by atoms with van der Waals surface area (Å²) in [6, 6.07) is 6.20. The number of benzene rings is 1. The summed E-state index contributed by atoms with van der Waals surface area (Å²) in [5.41, 5.74) is 0.480. The molecule has 2 amide bonds. The van der Waals surface area contributed by atoms with Crippen molar-refractivity contribution in [1.29, 1.82) is 0 Å². The highest BCUT2D eigenvalue weighted by atomic mass is 19.1. The first kappa shape index (κ1) is 17.0. The van der Waals surface area contributed by atoms with E-state index in [1.165, 1.54) is 12.3 Å². The summed E-state index contributed by atoms with van der Waals surface area (Å²) in [7, 11) is 0. The Balaban J connectivity index is 2.02. The maximum atomic E-state index is 13.8. The summed E-state index contributed by atoms with van der Waals surface area (Å²) in [5, 5.41) is 8.14. The van der Waals surface area contributed by atoms with Gasteiger partial charge in [0.05, 0.1) is 0 Å². The quantitative estimate of drug-likeness (QED) is 0.779. The third-order valence-corrected chi connectivity index (χ3v) is 3.66. The van der Waals surface area contributed by atoms with E-state index in [-0.39, 0.29) is 17.5 Å². The van der Waals surface area contributed by atoms with Gasteiger partial charge in [0, 0.05) is 17.7 Å². The Morgan fingerprint density at radius 2 is 2.00 bits per heavy atom. The van der Waals surface area contributed by atoms with Gasteiger partial charge in [0.25, 0.3) is 5.91 Å². The molecule has 0 aromatic heterocycles. The second kappa shape index (κ2) is 7.26. The fourth-order valence-electron chi connectivity index (χ4n) is 2.52. The zero-order chi connectivity index (χ0) is 17.0. The minimum Gasteiger partial charge on any atom is -0.366 e. The van der Waals surface area contributed by atoms with Crippen LogP contribution >= 0.6 is 0 Å². The van der Waals surface area contributed by atoms with E-state index in [0.29, 0.717) is 11.5 Å². The highest BCUT2D eigenvalue weighted by Gasteiger charge is 2.25. The van der Waals surface area contributed by atoms with Crippen molar-refractivity contribution < 1.29 is 14.0 Å². The second-order valence-corrected chi connectivity index (χ2v) is 6.17. The smallest absolute Gasteiger partial charge is 0.271 e. The number of carbonyl (C=O) groups excluding carboxylic acids is 2. The first-order valence-electron chi connectivity index (χ1n) is 7.71. The molecule has 23 heavy (non-hydrogen) atoms. The number of amides is 2. The Hall–Kier alpha value is -2.37. The van der Waals surface area contributed by atoms with Crippen LogP contribution in [0.2, 0.25) is 0 Å². The van der Waals surface area contributed by atoms with E-state index in [9.17, 15) is 14.0 Å². The van der Waals surface area contributed by atoms with Crippen LogP contribution in [0.3, 0.4) is 0 Å². The lowest BCUT2D eigenvalue weighted by Gasteiger charge is -2.26. The van der Waals surface area contributed by atoms with Crippen LogP contribution in [0.1, 0.15) is 38.9 Å². The van der Waals surface area contributed by atoms with Gasteiger partial charge in [-0.1, -0.05) is 39.0 Å². The van der Waals surface area contributed by atoms with Gasteiger partial charge < -0.3 is 16.0 Å². The topological polar surface area (TPSA) is 70.2 Å². The van der Waals surface area contributed by atoms with Gasteiger partial charge in [-0.25, -0.2) is 4.39 Å². The molecule has 124 valence electrons. The third-order valence-electron chi connectivity index (χ3n) is 3.66. The van der Waals surface area contributed by atoms with Gasteiger partial charge >= 0.3 is 0 Å². The van der Waals surface area contributed by atoms with E-state index in [1.807, 2.05) is 20.8 Å². The zero-order valence-electron chi connectivity index (χ0n) is 13.5. The largest absolute Gasteiger partial charge is 0.366 e. The molecule has 1 heterocycles. The Morgan fingerprint density at radius 1 is 1.30 bits per heavy atom. The number of rotatable bonds is 5.